The fourth-order valence-corrected chi connectivity index (χ4v) is 4.93. The smallest absolute Gasteiger partial charge is 0.243 e. The largest absolute Gasteiger partial charge is 0.508 e. The number of phenols is 1. The lowest BCUT2D eigenvalue weighted by Crippen LogP contribution is -2.30. The second-order valence-corrected chi connectivity index (χ2v) is 8.92. The zero-order chi connectivity index (χ0) is 20.9. The van der Waals surface area contributed by atoms with Crippen molar-refractivity contribution in [2.75, 3.05) is 18.5 Å². The van der Waals surface area contributed by atoms with Gasteiger partial charge >= 0.3 is 0 Å². The van der Waals surface area contributed by atoms with Crippen molar-refractivity contribution in [1.82, 2.24) is 9.29 Å². The van der Waals surface area contributed by atoms with E-state index in [1.807, 2.05) is 31.4 Å². The van der Waals surface area contributed by atoms with Crippen molar-refractivity contribution < 1.29 is 13.5 Å². The summed E-state index contributed by atoms with van der Waals surface area (Å²) in [5, 5.41) is 16.0. The number of thiazole rings is 1. The summed E-state index contributed by atoms with van der Waals surface area (Å²) in [4.78, 5) is 4.73. The van der Waals surface area contributed by atoms with Gasteiger partial charge in [0.2, 0.25) is 15.2 Å². The predicted octanol–water partition coefficient (Wildman–Crippen LogP) is 3.99. The highest BCUT2D eigenvalue weighted by Crippen LogP contribution is 2.27. The number of anilines is 1. The first-order valence-corrected chi connectivity index (χ1v) is 11.4. The normalized spacial score (nSPS) is 12.0. The highest BCUT2D eigenvalue weighted by molar-refractivity contribution is 7.89. The molecular formula is C20H22N4O3S2. The number of aromatic hydroxyl groups is 1. The molecule has 0 atom stereocenters. The van der Waals surface area contributed by atoms with Crippen LogP contribution in [0.15, 0.2) is 63.9 Å². The van der Waals surface area contributed by atoms with E-state index in [0.717, 1.165) is 11.1 Å². The van der Waals surface area contributed by atoms with Crippen LogP contribution in [-0.4, -0.2) is 42.1 Å². The van der Waals surface area contributed by atoms with Gasteiger partial charge in [0.05, 0.1) is 16.8 Å². The SMILES string of the molecule is CCN(CC)S(=O)(=O)c1cccc(-c2csc(NN=Cc3cccc(O)c3)n2)c1. The van der Waals surface area contributed by atoms with E-state index < -0.39 is 10.0 Å². The van der Waals surface area contributed by atoms with Crippen molar-refractivity contribution in [2.45, 2.75) is 18.7 Å². The van der Waals surface area contributed by atoms with Crippen molar-refractivity contribution in [1.29, 1.82) is 0 Å². The molecular weight excluding hydrogens is 408 g/mol. The minimum absolute atomic E-state index is 0.171. The number of nitrogens with zero attached hydrogens (tertiary/aromatic N) is 3. The van der Waals surface area contributed by atoms with Gasteiger partial charge in [0.1, 0.15) is 5.75 Å². The van der Waals surface area contributed by atoms with E-state index in [1.165, 1.54) is 15.6 Å². The second-order valence-electron chi connectivity index (χ2n) is 6.12. The Kier molecular flexibility index (Phi) is 6.63. The Bertz CT molecular complexity index is 1110. The maximum atomic E-state index is 12.7. The van der Waals surface area contributed by atoms with Gasteiger partial charge < -0.3 is 5.11 Å². The average molecular weight is 431 g/mol. The van der Waals surface area contributed by atoms with Crippen LogP contribution in [-0.2, 0) is 10.0 Å². The third-order valence-corrected chi connectivity index (χ3v) is 7.01. The Hall–Kier alpha value is -2.75. The third kappa shape index (κ3) is 5.00. The molecule has 2 N–H and O–H groups in total. The first-order chi connectivity index (χ1) is 13.9. The molecule has 3 aromatic rings. The van der Waals surface area contributed by atoms with Crippen LogP contribution in [0, 0.1) is 0 Å². The molecule has 0 aliphatic heterocycles. The Morgan fingerprint density at radius 1 is 1.17 bits per heavy atom. The number of hydrogen-bond acceptors (Lipinski definition) is 7. The van der Waals surface area contributed by atoms with Gasteiger partial charge in [0.15, 0.2) is 0 Å². The zero-order valence-corrected chi connectivity index (χ0v) is 17.7. The summed E-state index contributed by atoms with van der Waals surface area (Å²) in [6.07, 6.45) is 1.58. The number of sulfonamides is 1. The summed E-state index contributed by atoms with van der Waals surface area (Å²) < 4.78 is 26.9. The van der Waals surface area contributed by atoms with Crippen LogP contribution >= 0.6 is 11.3 Å². The molecule has 2 aromatic carbocycles. The van der Waals surface area contributed by atoms with Crippen molar-refractivity contribution in [3.63, 3.8) is 0 Å². The third-order valence-electron chi connectivity index (χ3n) is 4.22. The van der Waals surface area contributed by atoms with Gasteiger partial charge in [0, 0.05) is 24.0 Å². The van der Waals surface area contributed by atoms with Gasteiger partial charge in [-0.3, -0.25) is 5.43 Å². The highest BCUT2D eigenvalue weighted by atomic mass is 32.2. The van der Waals surface area contributed by atoms with Crippen molar-refractivity contribution >= 4 is 32.7 Å². The molecule has 1 heterocycles. The van der Waals surface area contributed by atoms with Crippen molar-refractivity contribution in [3.05, 3.63) is 59.5 Å². The number of hydrogen-bond donors (Lipinski definition) is 2. The monoisotopic (exact) mass is 430 g/mol. The Labute approximate surface area is 174 Å². The molecule has 0 spiro atoms. The molecule has 0 bridgehead atoms. The number of hydrazone groups is 1. The fraction of sp³-hybridized carbons (Fsp3) is 0.200. The lowest BCUT2D eigenvalue weighted by atomic mass is 10.2. The molecule has 0 amide bonds. The molecule has 152 valence electrons. The van der Waals surface area contributed by atoms with E-state index in [-0.39, 0.29) is 10.6 Å². The van der Waals surface area contributed by atoms with E-state index >= 15 is 0 Å². The zero-order valence-electron chi connectivity index (χ0n) is 16.1. The number of rotatable bonds is 8. The minimum Gasteiger partial charge on any atom is -0.508 e. The van der Waals surface area contributed by atoms with Crippen LogP contribution in [0.1, 0.15) is 19.4 Å². The topological polar surface area (TPSA) is 94.9 Å². The second kappa shape index (κ2) is 9.17. The minimum atomic E-state index is -3.52. The summed E-state index contributed by atoms with van der Waals surface area (Å²) in [5.74, 6) is 0.171. The van der Waals surface area contributed by atoms with E-state index in [4.69, 9.17) is 0 Å². The molecule has 0 aliphatic rings. The van der Waals surface area contributed by atoms with Gasteiger partial charge in [-0.1, -0.05) is 38.1 Å². The molecule has 1 aromatic heterocycles. The van der Waals surface area contributed by atoms with Gasteiger partial charge in [-0.2, -0.15) is 9.41 Å². The summed E-state index contributed by atoms with van der Waals surface area (Å²) in [6.45, 7) is 4.48. The molecule has 3 rings (SSSR count). The standard InChI is InChI=1S/C20H22N4O3S2/c1-3-24(4-2)29(26,27)18-10-6-8-16(12-18)19-14-28-20(22-19)23-21-13-15-7-5-9-17(25)11-15/h5-14,25H,3-4H2,1-2H3,(H,22,23). The lowest BCUT2D eigenvalue weighted by molar-refractivity contribution is 0.445. The summed E-state index contributed by atoms with van der Waals surface area (Å²) in [7, 11) is -3.52. The highest BCUT2D eigenvalue weighted by Gasteiger charge is 2.22. The molecule has 9 heteroatoms. The maximum Gasteiger partial charge on any atom is 0.243 e. The average Bonchev–Trinajstić information content (AvgIpc) is 3.18. The predicted molar refractivity (Wildman–Crippen MR) is 117 cm³/mol. The first kappa shape index (κ1) is 21.0. The molecule has 0 unspecified atom stereocenters. The molecule has 0 radical (unpaired) electrons. The summed E-state index contributed by atoms with van der Waals surface area (Å²) in [5.41, 5.74) is 5.00. The summed E-state index contributed by atoms with van der Waals surface area (Å²) in [6, 6.07) is 13.5. The number of nitrogens with one attached hydrogen (secondary N) is 1. The molecule has 0 saturated carbocycles. The van der Waals surface area contributed by atoms with Crippen molar-refractivity contribution in [3.8, 4) is 17.0 Å². The first-order valence-electron chi connectivity index (χ1n) is 9.08. The van der Waals surface area contributed by atoms with E-state index in [2.05, 4.69) is 15.5 Å². The van der Waals surface area contributed by atoms with E-state index in [9.17, 15) is 13.5 Å². The van der Waals surface area contributed by atoms with Gasteiger partial charge in [0.25, 0.3) is 0 Å². The number of aromatic nitrogens is 1. The van der Waals surface area contributed by atoms with Crippen LogP contribution in [0.5, 0.6) is 5.75 Å². The van der Waals surface area contributed by atoms with Crippen LogP contribution in [0.4, 0.5) is 5.13 Å². The molecule has 0 saturated heterocycles. The van der Waals surface area contributed by atoms with Crippen LogP contribution in [0.25, 0.3) is 11.3 Å². The van der Waals surface area contributed by atoms with Gasteiger partial charge in [-0.15, -0.1) is 11.3 Å². The summed E-state index contributed by atoms with van der Waals surface area (Å²) >= 11 is 1.37. The Morgan fingerprint density at radius 3 is 2.66 bits per heavy atom. The quantitative estimate of drug-likeness (QED) is 0.416. The van der Waals surface area contributed by atoms with Crippen LogP contribution < -0.4 is 5.43 Å². The van der Waals surface area contributed by atoms with Crippen LogP contribution in [0.2, 0.25) is 0 Å². The Morgan fingerprint density at radius 2 is 1.93 bits per heavy atom. The molecule has 7 nitrogen and oxygen atoms in total. The van der Waals surface area contributed by atoms with E-state index in [0.29, 0.717) is 23.9 Å². The number of phenolic OH excluding ortho intramolecular Hbond substituents is 1. The van der Waals surface area contributed by atoms with Crippen LogP contribution in [0.3, 0.4) is 0 Å². The lowest BCUT2D eigenvalue weighted by Gasteiger charge is -2.18. The fourth-order valence-electron chi connectivity index (χ4n) is 2.75. The number of benzene rings is 2. The van der Waals surface area contributed by atoms with E-state index in [1.54, 1.807) is 42.6 Å². The van der Waals surface area contributed by atoms with Crippen molar-refractivity contribution in [2.24, 2.45) is 5.10 Å². The molecule has 0 aliphatic carbocycles. The Balaban J connectivity index is 1.77. The van der Waals surface area contributed by atoms with Gasteiger partial charge in [-0.25, -0.2) is 13.4 Å². The molecule has 29 heavy (non-hydrogen) atoms. The molecule has 0 fully saturated rings. The van der Waals surface area contributed by atoms with Gasteiger partial charge in [-0.05, 0) is 29.8 Å². The maximum absolute atomic E-state index is 12.7.